The number of phenolic OH excluding ortho intramolecular Hbond substituents is 1. The summed E-state index contributed by atoms with van der Waals surface area (Å²) in [4.78, 5) is 52.0. The number of amides is 2. The lowest BCUT2D eigenvalue weighted by molar-refractivity contribution is -0.155. The van der Waals surface area contributed by atoms with Crippen LogP contribution in [0.3, 0.4) is 0 Å². The fourth-order valence-corrected chi connectivity index (χ4v) is 4.67. The maximum Gasteiger partial charge on any atom is 0.306 e. The smallest absolute Gasteiger partial charge is 0.306 e. The van der Waals surface area contributed by atoms with Gasteiger partial charge in [-0.3, -0.25) is 19.2 Å². The molecule has 0 unspecified atom stereocenters. The lowest BCUT2D eigenvalue weighted by Crippen LogP contribution is -2.32. The van der Waals surface area contributed by atoms with E-state index in [0.717, 1.165) is 0 Å². The molecule has 0 atom stereocenters. The van der Waals surface area contributed by atoms with E-state index in [2.05, 4.69) is 5.32 Å². The predicted octanol–water partition coefficient (Wildman–Crippen LogP) is 4.23. The minimum Gasteiger partial charge on any atom is -0.508 e. The molecule has 0 spiro atoms. The largest absolute Gasteiger partial charge is 0.508 e. The monoisotopic (exact) mass is 534 g/mol. The van der Waals surface area contributed by atoms with Crippen LogP contribution in [0.2, 0.25) is 0 Å². The van der Waals surface area contributed by atoms with Crippen molar-refractivity contribution in [3.8, 4) is 33.8 Å². The number of nitrogens with zero attached hydrogens (tertiary/aromatic N) is 1. The zero-order valence-electron chi connectivity index (χ0n) is 22.8. The van der Waals surface area contributed by atoms with Gasteiger partial charge in [0.2, 0.25) is 11.8 Å². The third kappa shape index (κ3) is 6.66. The first-order chi connectivity index (χ1) is 18.5. The van der Waals surface area contributed by atoms with Gasteiger partial charge in [-0.05, 0) is 69.0 Å². The van der Waals surface area contributed by atoms with Crippen LogP contribution in [0.1, 0.15) is 58.4 Å². The number of aromatic hydroxyl groups is 1. The van der Waals surface area contributed by atoms with E-state index in [9.17, 15) is 24.3 Å². The topological polar surface area (TPSA) is 122 Å². The first kappa shape index (κ1) is 27.9. The summed E-state index contributed by atoms with van der Waals surface area (Å²) in [6.45, 7) is 5.91. The second-order valence-corrected chi connectivity index (χ2v) is 10.7. The minimum atomic E-state index is -0.541. The number of nitrogens with one attached hydrogen (secondary N) is 1. The van der Waals surface area contributed by atoms with Gasteiger partial charge < -0.3 is 24.8 Å². The van der Waals surface area contributed by atoms with E-state index in [-0.39, 0.29) is 54.8 Å². The molecule has 2 amide bonds. The molecular formula is C30H34N2O7. The number of anilines is 1. The van der Waals surface area contributed by atoms with Crippen LogP contribution in [0.15, 0.2) is 41.2 Å². The highest BCUT2D eigenvalue weighted by atomic mass is 16.6. The summed E-state index contributed by atoms with van der Waals surface area (Å²) in [7, 11) is 1.53. The van der Waals surface area contributed by atoms with Crippen molar-refractivity contribution in [2.75, 3.05) is 18.6 Å². The molecule has 0 aromatic heterocycles. The molecule has 1 aliphatic rings. The fourth-order valence-electron chi connectivity index (χ4n) is 4.67. The number of benzene rings is 2. The molecule has 3 aromatic carbocycles. The lowest BCUT2D eigenvalue weighted by Gasteiger charge is -2.27. The Morgan fingerprint density at radius 1 is 0.974 bits per heavy atom. The van der Waals surface area contributed by atoms with Crippen molar-refractivity contribution in [3.05, 3.63) is 52.2 Å². The van der Waals surface area contributed by atoms with E-state index in [0.29, 0.717) is 58.6 Å². The zero-order valence-corrected chi connectivity index (χ0v) is 22.8. The number of methoxy groups -OCH3 is 1. The molecule has 0 bridgehead atoms. The van der Waals surface area contributed by atoms with Gasteiger partial charge in [-0.15, -0.1) is 0 Å². The third-order valence-electron chi connectivity index (χ3n) is 6.49. The molecule has 9 heteroatoms. The van der Waals surface area contributed by atoms with Crippen molar-refractivity contribution >= 4 is 23.5 Å². The molecule has 206 valence electrons. The van der Waals surface area contributed by atoms with Gasteiger partial charge in [-0.1, -0.05) is 6.07 Å². The summed E-state index contributed by atoms with van der Waals surface area (Å²) < 4.78 is 10.6. The van der Waals surface area contributed by atoms with Crippen molar-refractivity contribution in [1.82, 2.24) is 5.32 Å². The second-order valence-electron chi connectivity index (χ2n) is 10.7. The Kier molecular flexibility index (Phi) is 8.09. The SMILES string of the molecule is COc1ccc2c(c1)N(C(=O)CCCC(=O)NCCCC(=O)OC(C)(C)C)Cc1cc(O)ccc1-c1c-2c1=O. The van der Waals surface area contributed by atoms with Gasteiger partial charge in [0.25, 0.3) is 0 Å². The number of hydrogen-bond donors (Lipinski definition) is 2. The number of rotatable bonds is 9. The number of esters is 1. The average Bonchev–Trinajstić information content (AvgIpc) is 3.52. The summed E-state index contributed by atoms with van der Waals surface area (Å²) in [6.07, 6.45) is 1.27. The zero-order chi connectivity index (χ0) is 28.3. The molecule has 2 N–H and O–H groups in total. The maximum absolute atomic E-state index is 13.5. The minimum absolute atomic E-state index is 0.0474. The quantitative estimate of drug-likeness (QED) is 0.311. The highest BCUT2D eigenvalue weighted by Crippen LogP contribution is 2.45. The van der Waals surface area contributed by atoms with Gasteiger partial charge in [0.1, 0.15) is 17.1 Å². The average molecular weight is 535 g/mol. The van der Waals surface area contributed by atoms with E-state index in [4.69, 9.17) is 9.47 Å². The Labute approximate surface area is 227 Å². The molecule has 0 aliphatic carbocycles. The maximum atomic E-state index is 13.5. The van der Waals surface area contributed by atoms with Crippen molar-refractivity contribution in [3.63, 3.8) is 0 Å². The number of carbonyl (C=O) groups excluding carboxylic acids is 3. The van der Waals surface area contributed by atoms with Crippen molar-refractivity contribution < 1.29 is 29.0 Å². The van der Waals surface area contributed by atoms with Gasteiger partial charge in [-0.25, -0.2) is 0 Å². The molecular weight excluding hydrogens is 500 g/mol. The van der Waals surface area contributed by atoms with Crippen molar-refractivity contribution in [2.24, 2.45) is 0 Å². The number of ether oxygens (including phenoxy) is 2. The summed E-state index contributed by atoms with van der Waals surface area (Å²) in [5.41, 5.74) is 3.13. The van der Waals surface area contributed by atoms with Crippen LogP contribution in [-0.2, 0) is 25.7 Å². The Morgan fingerprint density at radius 2 is 1.69 bits per heavy atom. The Morgan fingerprint density at radius 3 is 2.41 bits per heavy atom. The van der Waals surface area contributed by atoms with E-state index in [1.165, 1.54) is 13.2 Å². The van der Waals surface area contributed by atoms with Crippen LogP contribution in [-0.4, -0.2) is 42.1 Å². The number of fused-ring (bicyclic) bond motifs is 5. The lowest BCUT2D eigenvalue weighted by atomic mass is 9.98. The molecule has 0 saturated carbocycles. The molecule has 0 radical (unpaired) electrons. The number of carbonyl (C=O) groups is 3. The molecule has 4 rings (SSSR count). The molecule has 3 aromatic rings. The standard InChI is InChI=1S/C30H34N2O7/c1-30(2,3)39-26(36)9-6-14-31-24(34)7-5-8-25(35)32-17-18-15-19(33)10-12-21(18)27-28(29(27)37)22-13-11-20(38-4)16-23(22)32/h10-13,15-16,33H,5-9,14,17H2,1-4H3,(H,31,34). The fraction of sp³-hybridized carbons (Fsp3) is 0.400. The second kappa shape index (κ2) is 11.3. The van der Waals surface area contributed by atoms with Gasteiger partial charge >= 0.3 is 5.97 Å². The summed E-state index contributed by atoms with van der Waals surface area (Å²) >= 11 is 0. The molecule has 0 saturated heterocycles. The van der Waals surface area contributed by atoms with Gasteiger partial charge in [0, 0.05) is 48.6 Å². The van der Waals surface area contributed by atoms with Crippen molar-refractivity contribution in [1.29, 1.82) is 0 Å². The van der Waals surface area contributed by atoms with Crippen LogP contribution in [0, 0.1) is 0 Å². The first-order valence-electron chi connectivity index (χ1n) is 13.1. The van der Waals surface area contributed by atoms with Crippen LogP contribution < -0.4 is 20.4 Å². The highest BCUT2D eigenvalue weighted by Gasteiger charge is 2.34. The molecule has 1 heterocycles. The number of hydrogen-bond acceptors (Lipinski definition) is 7. The summed E-state index contributed by atoms with van der Waals surface area (Å²) in [6, 6.07) is 10.1. The molecule has 1 aliphatic heterocycles. The van der Waals surface area contributed by atoms with E-state index in [1.54, 1.807) is 56.0 Å². The van der Waals surface area contributed by atoms with Gasteiger partial charge in [0.05, 0.1) is 19.3 Å². The highest BCUT2D eigenvalue weighted by molar-refractivity contribution is 6.05. The Bertz CT molecular complexity index is 1410. The van der Waals surface area contributed by atoms with E-state index < -0.39 is 5.60 Å². The van der Waals surface area contributed by atoms with E-state index in [1.807, 2.05) is 0 Å². The van der Waals surface area contributed by atoms with E-state index >= 15 is 0 Å². The predicted molar refractivity (Wildman–Crippen MR) is 147 cm³/mol. The summed E-state index contributed by atoms with van der Waals surface area (Å²) in [5.74, 6) is -0.127. The Balaban J connectivity index is 1.40. The van der Waals surface area contributed by atoms with Crippen molar-refractivity contribution in [2.45, 2.75) is 65.0 Å². The Hall–Kier alpha value is -4.14. The van der Waals surface area contributed by atoms with Crippen LogP contribution in [0.4, 0.5) is 5.69 Å². The van der Waals surface area contributed by atoms with Gasteiger partial charge in [-0.2, -0.15) is 0 Å². The van der Waals surface area contributed by atoms with Gasteiger partial charge in [0.15, 0.2) is 5.43 Å². The van der Waals surface area contributed by atoms with Crippen LogP contribution >= 0.6 is 0 Å². The molecule has 0 fully saturated rings. The third-order valence-corrected chi connectivity index (χ3v) is 6.49. The molecule has 39 heavy (non-hydrogen) atoms. The normalized spacial score (nSPS) is 12.6. The van der Waals surface area contributed by atoms with Crippen LogP contribution in [0.25, 0.3) is 22.3 Å². The number of phenols is 1. The molecule has 9 nitrogen and oxygen atoms in total. The van der Waals surface area contributed by atoms with Crippen LogP contribution in [0.5, 0.6) is 11.5 Å². The first-order valence-corrected chi connectivity index (χ1v) is 13.1. The summed E-state index contributed by atoms with van der Waals surface area (Å²) in [5, 5.41) is 12.9.